The maximum atomic E-state index is 9.35. The van der Waals surface area contributed by atoms with Crippen molar-refractivity contribution in [1.82, 2.24) is 19.7 Å². The first-order valence-electron chi connectivity index (χ1n) is 9.91. The highest BCUT2D eigenvalue weighted by atomic mass is 35.5. The number of anilines is 1. The summed E-state index contributed by atoms with van der Waals surface area (Å²) in [6.07, 6.45) is 2.86. The Labute approximate surface area is 182 Å². The summed E-state index contributed by atoms with van der Waals surface area (Å²) in [5.74, 6) is 0.740. The van der Waals surface area contributed by atoms with Crippen molar-refractivity contribution >= 4 is 40.1 Å². The number of aromatic nitrogens is 4. The van der Waals surface area contributed by atoms with Gasteiger partial charge in [0.25, 0.3) is 0 Å². The molecule has 6 rings (SSSR count). The summed E-state index contributed by atoms with van der Waals surface area (Å²) >= 11 is 12.4. The minimum absolute atomic E-state index is 0.000756. The molecule has 2 atom stereocenters. The lowest BCUT2D eigenvalue weighted by Gasteiger charge is -2.48. The number of nitrogens with zero attached hydrogens (tertiary/aromatic N) is 5. The molecule has 0 radical (unpaired) electrons. The van der Waals surface area contributed by atoms with E-state index in [-0.39, 0.29) is 29.8 Å². The van der Waals surface area contributed by atoms with E-state index < -0.39 is 0 Å². The maximum absolute atomic E-state index is 9.35. The van der Waals surface area contributed by atoms with Gasteiger partial charge in [-0.05, 0) is 47.7 Å². The van der Waals surface area contributed by atoms with Crippen LogP contribution in [0.5, 0.6) is 0 Å². The molecule has 0 amide bonds. The Hall–Kier alpha value is -1.97. The van der Waals surface area contributed by atoms with Gasteiger partial charge in [0.15, 0.2) is 11.9 Å². The number of rotatable bonds is 3. The summed E-state index contributed by atoms with van der Waals surface area (Å²) in [4.78, 5) is 11.0. The Morgan fingerprint density at radius 1 is 1.20 bits per heavy atom. The lowest BCUT2D eigenvalue weighted by Crippen LogP contribution is -2.59. The fraction of sp³-hybridized carbons (Fsp3) is 0.450. The second-order valence-electron chi connectivity index (χ2n) is 8.06. The first-order valence-corrected chi connectivity index (χ1v) is 10.7. The Bertz CT molecular complexity index is 1150. The number of benzene rings is 1. The van der Waals surface area contributed by atoms with Crippen LogP contribution in [0.2, 0.25) is 10.3 Å². The molecule has 1 spiro atoms. The second kappa shape index (κ2) is 6.77. The Morgan fingerprint density at radius 2 is 2.07 bits per heavy atom. The number of hydrogen-bond donors (Lipinski definition) is 1. The molecule has 2 unspecified atom stereocenters. The Kier molecular flexibility index (Phi) is 4.23. The largest absolute Gasteiger partial charge is 0.394 e. The first-order chi connectivity index (χ1) is 14.6. The zero-order valence-electron chi connectivity index (χ0n) is 16.0. The lowest BCUT2D eigenvalue weighted by atomic mass is 9.85. The van der Waals surface area contributed by atoms with E-state index in [1.165, 1.54) is 5.56 Å². The Balaban J connectivity index is 1.32. The van der Waals surface area contributed by atoms with Crippen molar-refractivity contribution in [1.29, 1.82) is 0 Å². The molecule has 0 saturated carbocycles. The molecule has 3 aliphatic rings. The minimum atomic E-state index is -0.345. The number of aliphatic hydroxyl groups is 1. The monoisotopic (exact) mass is 447 g/mol. The molecule has 2 saturated heterocycles. The fourth-order valence-electron chi connectivity index (χ4n) is 4.74. The molecule has 156 valence electrons. The molecular formula is C20H19Cl2N5O3. The summed E-state index contributed by atoms with van der Waals surface area (Å²) in [5, 5.41) is 15.6. The maximum Gasteiger partial charge on any atom is 0.226 e. The van der Waals surface area contributed by atoms with Crippen molar-refractivity contribution in [2.24, 2.45) is 0 Å². The van der Waals surface area contributed by atoms with Gasteiger partial charge in [-0.15, -0.1) is 0 Å². The first kappa shape index (κ1) is 18.8. The Morgan fingerprint density at radius 3 is 2.87 bits per heavy atom. The number of aliphatic hydroxyl groups excluding tert-OH is 1. The minimum Gasteiger partial charge on any atom is -0.394 e. The molecule has 3 aromatic rings. The van der Waals surface area contributed by atoms with Crippen LogP contribution >= 0.6 is 23.2 Å². The van der Waals surface area contributed by atoms with E-state index in [1.54, 1.807) is 10.9 Å². The van der Waals surface area contributed by atoms with Crippen molar-refractivity contribution < 1.29 is 14.6 Å². The van der Waals surface area contributed by atoms with Gasteiger partial charge in [0.05, 0.1) is 44.0 Å². The van der Waals surface area contributed by atoms with Crippen LogP contribution in [-0.4, -0.2) is 50.7 Å². The zero-order chi connectivity index (χ0) is 20.5. The quantitative estimate of drug-likeness (QED) is 0.617. The van der Waals surface area contributed by atoms with Gasteiger partial charge in [-0.2, -0.15) is 15.1 Å². The van der Waals surface area contributed by atoms with Crippen molar-refractivity contribution in [3.8, 4) is 0 Å². The van der Waals surface area contributed by atoms with Crippen molar-refractivity contribution in [2.45, 2.75) is 37.4 Å². The van der Waals surface area contributed by atoms with Gasteiger partial charge in [0, 0.05) is 5.02 Å². The zero-order valence-corrected chi connectivity index (χ0v) is 17.5. The van der Waals surface area contributed by atoms with E-state index in [2.05, 4.69) is 26.0 Å². The van der Waals surface area contributed by atoms with Gasteiger partial charge >= 0.3 is 0 Å². The smallest absolute Gasteiger partial charge is 0.226 e. The summed E-state index contributed by atoms with van der Waals surface area (Å²) in [6.45, 7) is 1.90. The van der Waals surface area contributed by atoms with Gasteiger partial charge in [-0.1, -0.05) is 17.7 Å². The van der Waals surface area contributed by atoms with E-state index in [0.717, 1.165) is 34.6 Å². The molecule has 10 heteroatoms. The van der Waals surface area contributed by atoms with Crippen LogP contribution in [0.1, 0.15) is 30.2 Å². The van der Waals surface area contributed by atoms with Crippen LogP contribution < -0.4 is 4.90 Å². The predicted octanol–water partition coefficient (Wildman–Crippen LogP) is 3.05. The molecule has 8 nitrogen and oxygen atoms in total. The normalized spacial score (nSPS) is 24.6. The van der Waals surface area contributed by atoms with Gasteiger partial charge in [-0.3, -0.25) is 0 Å². The van der Waals surface area contributed by atoms with Crippen LogP contribution in [0.25, 0.3) is 11.0 Å². The highest BCUT2D eigenvalue weighted by Crippen LogP contribution is 2.46. The fourth-order valence-corrected chi connectivity index (χ4v) is 5.09. The van der Waals surface area contributed by atoms with Crippen LogP contribution in [0.15, 0.2) is 24.4 Å². The van der Waals surface area contributed by atoms with E-state index in [1.807, 2.05) is 12.1 Å². The third-order valence-corrected chi connectivity index (χ3v) is 6.63. The summed E-state index contributed by atoms with van der Waals surface area (Å²) in [5.41, 5.74) is 2.61. The van der Waals surface area contributed by atoms with E-state index in [0.29, 0.717) is 25.3 Å². The van der Waals surface area contributed by atoms with Gasteiger partial charge in [0.1, 0.15) is 11.4 Å². The molecule has 5 heterocycles. The van der Waals surface area contributed by atoms with Crippen LogP contribution in [0.4, 0.5) is 5.82 Å². The molecule has 1 aromatic carbocycles. The van der Waals surface area contributed by atoms with Crippen molar-refractivity contribution in [3.63, 3.8) is 0 Å². The number of fused-ring (bicyclic) bond motifs is 3. The van der Waals surface area contributed by atoms with E-state index in [9.17, 15) is 5.11 Å². The third kappa shape index (κ3) is 2.75. The molecule has 3 aliphatic heterocycles. The summed E-state index contributed by atoms with van der Waals surface area (Å²) in [7, 11) is 0. The average Bonchev–Trinajstić information content (AvgIpc) is 3.42. The summed E-state index contributed by atoms with van der Waals surface area (Å²) in [6, 6.07) is 5.93. The van der Waals surface area contributed by atoms with Crippen molar-refractivity contribution in [2.75, 3.05) is 24.6 Å². The highest BCUT2D eigenvalue weighted by Gasteiger charge is 2.51. The molecule has 1 N–H and O–H groups in total. The van der Waals surface area contributed by atoms with Crippen LogP contribution in [0, 0.1) is 0 Å². The third-order valence-electron chi connectivity index (χ3n) is 6.22. The highest BCUT2D eigenvalue weighted by molar-refractivity contribution is 6.30. The molecular weight excluding hydrogens is 429 g/mol. The average molecular weight is 448 g/mol. The number of halogens is 2. The van der Waals surface area contributed by atoms with Crippen molar-refractivity contribution in [3.05, 3.63) is 45.8 Å². The topological polar surface area (TPSA) is 85.5 Å². The number of ether oxygens (including phenoxy) is 2. The van der Waals surface area contributed by atoms with Crippen LogP contribution in [-0.2, 0) is 21.7 Å². The van der Waals surface area contributed by atoms with Gasteiger partial charge in [0.2, 0.25) is 5.28 Å². The van der Waals surface area contributed by atoms with Gasteiger partial charge in [-0.25, -0.2) is 4.68 Å². The SMILES string of the molecule is OCC1CCC(n2ncc3c(N4CC5(C4)OCc4cc(Cl)ccc45)nc(Cl)nc32)O1. The van der Waals surface area contributed by atoms with E-state index >= 15 is 0 Å². The molecule has 2 aromatic heterocycles. The molecule has 2 fully saturated rings. The van der Waals surface area contributed by atoms with Gasteiger partial charge < -0.3 is 19.5 Å². The predicted molar refractivity (Wildman–Crippen MR) is 111 cm³/mol. The van der Waals surface area contributed by atoms with E-state index in [4.69, 9.17) is 32.7 Å². The molecule has 0 aliphatic carbocycles. The number of hydrogen-bond acceptors (Lipinski definition) is 7. The standard InChI is InChI=1S/C20H19Cl2N5O3/c21-12-1-3-15-11(5-12)8-29-20(15)9-26(10-20)17-14-6-23-27(18(14)25-19(22)24-17)16-4-2-13(7-28)30-16/h1,3,5-6,13,16,28H,2,4,7-10H2. The second-order valence-corrected chi connectivity index (χ2v) is 8.83. The lowest BCUT2D eigenvalue weighted by molar-refractivity contribution is -0.0585. The molecule has 0 bridgehead atoms. The summed E-state index contributed by atoms with van der Waals surface area (Å²) < 4.78 is 13.8. The molecule has 30 heavy (non-hydrogen) atoms. The van der Waals surface area contributed by atoms with Crippen LogP contribution in [0.3, 0.4) is 0 Å².